The van der Waals surface area contributed by atoms with E-state index >= 15 is 0 Å². The first-order valence-electron chi connectivity index (χ1n) is 2.49. The molecule has 0 saturated carbocycles. The fourth-order valence-electron chi connectivity index (χ4n) is 0.536. The molecule has 1 aliphatic rings. The van der Waals surface area contributed by atoms with Crippen LogP contribution in [-0.4, -0.2) is 16.2 Å². The highest BCUT2D eigenvalue weighted by Crippen LogP contribution is 2.30. The van der Waals surface area contributed by atoms with Gasteiger partial charge in [0, 0.05) is 0 Å². The molecule has 1 heterocycles. The standard InChI is InChI=1S/C4H7NOS2/c6-5-4-7-2-1-3-8-4/h4H,1-3H2. The molecule has 4 heteroatoms. The maximum absolute atomic E-state index is 9.87. The van der Waals surface area contributed by atoms with Crippen LogP contribution in [0, 0.1) is 4.91 Å². The topological polar surface area (TPSA) is 29.4 Å². The van der Waals surface area contributed by atoms with Crippen molar-refractivity contribution in [2.75, 3.05) is 11.5 Å². The summed E-state index contributed by atoms with van der Waals surface area (Å²) in [6, 6.07) is 0. The van der Waals surface area contributed by atoms with Crippen molar-refractivity contribution >= 4 is 23.5 Å². The lowest BCUT2D eigenvalue weighted by Crippen LogP contribution is -2.02. The summed E-state index contributed by atoms with van der Waals surface area (Å²) < 4.78 is -0.0104. The van der Waals surface area contributed by atoms with Gasteiger partial charge in [0.2, 0.25) is 0 Å². The van der Waals surface area contributed by atoms with Gasteiger partial charge >= 0.3 is 0 Å². The minimum Gasteiger partial charge on any atom is -0.149 e. The molecule has 2 nitrogen and oxygen atoms in total. The predicted molar refractivity (Wildman–Crippen MR) is 39.1 cm³/mol. The highest BCUT2D eigenvalue weighted by atomic mass is 32.2. The summed E-state index contributed by atoms with van der Waals surface area (Å²) in [5.74, 6) is 2.20. The highest BCUT2D eigenvalue weighted by Gasteiger charge is 2.12. The van der Waals surface area contributed by atoms with Crippen molar-refractivity contribution in [3.63, 3.8) is 0 Å². The second-order valence-corrected chi connectivity index (χ2v) is 4.18. The molecule has 8 heavy (non-hydrogen) atoms. The Morgan fingerprint density at radius 2 is 2.00 bits per heavy atom. The molecule has 0 spiro atoms. The molecular weight excluding hydrogens is 142 g/mol. The molecule has 0 bridgehead atoms. The lowest BCUT2D eigenvalue weighted by Gasteiger charge is -2.12. The summed E-state index contributed by atoms with van der Waals surface area (Å²) in [6.45, 7) is 0. The molecule has 0 radical (unpaired) electrons. The number of nitroso groups, excluding NO2 is 1. The Kier molecular flexibility index (Phi) is 2.69. The van der Waals surface area contributed by atoms with Crippen LogP contribution >= 0.6 is 23.5 Å². The van der Waals surface area contributed by atoms with E-state index in [4.69, 9.17) is 0 Å². The molecule has 1 aliphatic heterocycles. The van der Waals surface area contributed by atoms with Gasteiger partial charge in [-0.1, -0.05) is 0 Å². The highest BCUT2D eigenvalue weighted by molar-refractivity contribution is 8.17. The Balaban J connectivity index is 2.22. The van der Waals surface area contributed by atoms with Gasteiger partial charge in [-0.2, -0.15) is 0 Å². The monoisotopic (exact) mass is 149 g/mol. The molecular formula is C4H7NOS2. The van der Waals surface area contributed by atoms with Crippen LogP contribution in [0.25, 0.3) is 0 Å². The maximum Gasteiger partial charge on any atom is 0.183 e. The second-order valence-electron chi connectivity index (χ2n) is 1.51. The molecule has 46 valence electrons. The van der Waals surface area contributed by atoms with Crippen molar-refractivity contribution in [2.45, 2.75) is 11.1 Å². The smallest absolute Gasteiger partial charge is 0.149 e. The van der Waals surface area contributed by atoms with E-state index in [9.17, 15) is 4.91 Å². The van der Waals surface area contributed by atoms with E-state index in [0.29, 0.717) is 0 Å². The Labute approximate surface area is 56.8 Å². The molecule has 0 amide bonds. The van der Waals surface area contributed by atoms with Gasteiger partial charge in [0.1, 0.15) is 0 Å². The van der Waals surface area contributed by atoms with E-state index < -0.39 is 0 Å². The van der Waals surface area contributed by atoms with Crippen LogP contribution < -0.4 is 0 Å². The molecule has 0 aromatic heterocycles. The fourth-order valence-corrected chi connectivity index (χ4v) is 2.83. The molecule has 1 saturated heterocycles. The second kappa shape index (κ2) is 3.35. The fraction of sp³-hybridized carbons (Fsp3) is 1.00. The minimum absolute atomic E-state index is 0.0104. The van der Waals surface area contributed by atoms with Crippen LogP contribution in [0.1, 0.15) is 6.42 Å². The first kappa shape index (κ1) is 6.42. The van der Waals surface area contributed by atoms with Gasteiger partial charge in [-0.15, -0.1) is 28.4 Å². The Hall–Kier alpha value is 0.300. The average Bonchev–Trinajstić information content (AvgIpc) is 1.90. The van der Waals surface area contributed by atoms with Crippen LogP contribution in [0.15, 0.2) is 5.18 Å². The van der Waals surface area contributed by atoms with Gasteiger partial charge in [-0.25, -0.2) is 0 Å². The minimum atomic E-state index is -0.0104. The molecule has 0 aliphatic carbocycles. The van der Waals surface area contributed by atoms with E-state index in [2.05, 4.69) is 5.18 Å². The van der Waals surface area contributed by atoms with E-state index in [1.165, 1.54) is 6.42 Å². The van der Waals surface area contributed by atoms with Crippen molar-refractivity contribution in [1.82, 2.24) is 0 Å². The van der Waals surface area contributed by atoms with Crippen molar-refractivity contribution in [3.05, 3.63) is 4.91 Å². The lowest BCUT2D eigenvalue weighted by molar-refractivity contribution is 1.09. The van der Waals surface area contributed by atoms with Gasteiger partial charge in [-0.05, 0) is 23.1 Å². The van der Waals surface area contributed by atoms with Gasteiger partial charge in [0.15, 0.2) is 4.71 Å². The third-order valence-electron chi connectivity index (χ3n) is 0.896. The zero-order chi connectivity index (χ0) is 5.82. The summed E-state index contributed by atoms with van der Waals surface area (Å²) in [5, 5.41) is 2.92. The Bertz CT molecular complexity index is 82.1. The first-order chi connectivity index (χ1) is 3.93. The van der Waals surface area contributed by atoms with Crippen molar-refractivity contribution in [2.24, 2.45) is 5.18 Å². The number of hydrogen-bond donors (Lipinski definition) is 0. The largest absolute Gasteiger partial charge is 0.183 e. The average molecular weight is 149 g/mol. The van der Waals surface area contributed by atoms with Crippen molar-refractivity contribution < 1.29 is 0 Å². The van der Waals surface area contributed by atoms with Crippen molar-refractivity contribution in [1.29, 1.82) is 0 Å². The van der Waals surface area contributed by atoms with Gasteiger partial charge in [-0.3, -0.25) is 0 Å². The number of thioether (sulfide) groups is 2. The van der Waals surface area contributed by atoms with E-state index in [1.54, 1.807) is 23.5 Å². The number of rotatable bonds is 1. The molecule has 1 rings (SSSR count). The van der Waals surface area contributed by atoms with Crippen LogP contribution in [0.2, 0.25) is 0 Å². The summed E-state index contributed by atoms with van der Waals surface area (Å²) in [4.78, 5) is 9.87. The zero-order valence-electron chi connectivity index (χ0n) is 4.37. The molecule has 1 fully saturated rings. The summed E-state index contributed by atoms with van der Waals surface area (Å²) in [5.41, 5.74) is 0. The first-order valence-corrected chi connectivity index (χ1v) is 4.59. The molecule has 0 aromatic rings. The summed E-state index contributed by atoms with van der Waals surface area (Å²) >= 11 is 3.29. The number of hydrogen-bond acceptors (Lipinski definition) is 4. The third-order valence-corrected chi connectivity index (χ3v) is 3.50. The lowest BCUT2D eigenvalue weighted by atomic mass is 10.6. The predicted octanol–water partition coefficient (Wildman–Crippen LogP) is 1.91. The zero-order valence-corrected chi connectivity index (χ0v) is 6.00. The van der Waals surface area contributed by atoms with Crippen LogP contribution in [-0.2, 0) is 0 Å². The third kappa shape index (κ3) is 1.67. The number of nitrogens with zero attached hydrogens (tertiary/aromatic N) is 1. The van der Waals surface area contributed by atoms with E-state index in [0.717, 1.165) is 11.5 Å². The van der Waals surface area contributed by atoms with Crippen molar-refractivity contribution in [3.8, 4) is 0 Å². The van der Waals surface area contributed by atoms with Crippen LogP contribution in [0.3, 0.4) is 0 Å². The molecule has 0 N–H and O–H groups in total. The Morgan fingerprint density at radius 3 is 2.38 bits per heavy atom. The van der Waals surface area contributed by atoms with Crippen LogP contribution in [0.4, 0.5) is 0 Å². The summed E-state index contributed by atoms with van der Waals surface area (Å²) in [6.07, 6.45) is 1.22. The molecule has 0 unspecified atom stereocenters. The normalized spacial score (nSPS) is 23.0. The quantitative estimate of drug-likeness (QED) is 0.533. The molecule has 0 aromatic carbocycles. The molecule has 0 atom stereocenters. The van der Waals surface area contributed by atoms with E-state index in [1.807, 2.05) is 0 Å². The maximum atomic E-state index is 9.87. The SMILES string of the molecule is O=NC1SCCCS1. The van der Waals surface area contributed by atoms with Gasteiger partial charge in [0.05, 0.1) is 0 Å². The Morgan fingerprint density at radius 1 is 1.38 bits per heavy atom. The van der Waals surface area contributed by atoms with Gasteiger partial charge in [0.25, 0.3) is 0 Å². The van der Waals surface area contributed by atoms with E-state index in [-0.39, 0.29) is 4.71 Å². The van der Waals surface area contributed by atoms with Gasteiger partial charge < -0.3 is 0 Å². The summed E-state index contributed by atoms with van der Waals surface area (Å²) in [7, 11) is 0. The van der Waals surface area contributed by atoms with Crippen LogP contribution in [0.5, 0.6) is 0 Å².